The third-order valence-corrected chi connectivity index (χ3v) is 5.44. The molecule has 2 rings (SSSR count). The standard InChI is InChI=1S/C19H23NO6S/c1-5-26-17-10-14(7-9-16(17)24-3)12-20-27(22,23)18-11-15(19(21)25-4)8-6-13(18)2/h6-11,20H,5,12H2,1-4H3. The Kier molecular flexibility index (Phi) is 6.81. The van der Waals surface area contributed by atoms with Gasteiger partial charge in [-0.1, -0.05) is 12.1 Å². The average molecular weight is 393 g/mol. The number of methoxy groups -OCH3 is 2. The summed E-state index contributed by atoms with van der Waals surface area (Å²) in [5.41, 5.74) is 1.41. The van der Waals surface area contributed by atoms with Crippen LogP contribution in [0.2, 0.25) is 0 Å². The summed E-state index contributed by atoms with van der Waals surface area (Å²) >= 11 is 0. The van der Waals surface area contributed by atoms with Crippen LogP contribution < -0.4 is 14.2 Å². The fraction of sp³-hybridized carbons (Fsp3) is 0.316. The molecule has 1 N–H and O–H groups in total. The van der Waals surface area contributed by atoms with Crippen LogP contribution in [0.5, 0.6) is 11.5 Å². The summed E-state index contributed by atoms with van der Waals surface area (Å²) < 4.78 is 43.3. The second-order valence-electron chi connectivity index (χ2n) is 5.71. The van der Waals surface area contributed by atoms with Crippen molar-refractivity contribution in [3.8, 4) is 11.5 Å². The average Bonchev–Trinajstić information content (AvgIpc) is 2.66. The van der Waals surface area contributed by atoms with Gasteiger partial charge in [0.05, 0.1) is 31.3 Å². The van der Waals surface area contributed by atoms with E-state index in [4.69, 9.17) is 9.47 Å². The highest BCUT2D eigenvalue weighted by Crippen LogP contribution is 2.28. The number of sulfonamides is 1. The topological polar surface area (TPSA) is 90.9 Å². The van der Waals surface area contributed by atoms with Crippen molar-refractivity contribution < 1.29 is 27.4 Å². The second-order valence-corrected chi connectivity index (χ2v) is 7.45. The van der Waals surface area contributed by atoms with Gasteiger partial charge in [-0.2, -0.15) is 0 Å². The minimum atomic E-state index is -3.82. The SMILES string of the molecule is CCOc1cc(CNS(=O)(=O)c2cc(C(=O)OC)ccc2C)ccc1OC. The maximum absolute atomic E-state index is 12.7. The summed E-state index contributed by atoms with van der Waals surface area (Å²) in [7, 11) is -1.04. The number of esters is 1. The quantitative estimate of drug-likeness (QED) is 0.694. The third kappa shape index (κ3) is 4.99. The molecule has 0 spiro atoms. The molecule has 0 saturated heterocycles. The maximum atomic E-state index is 12.7. The summed E-state index contributed by atoms with van der Waals surface area (Å²) in [5, 5.41) is 0. The highest BCUT2D eigenvalue weighted by atomic mass is 32.2. The van der Waals surface area contributed by atoms with Crippen LogP contribution in [-0.2, 0) is 21.3 Å². The number of hydrogen-bond acceptors (Lipinski definition) is 6. The molecule has 0 aromatic heterocycles. The summed E-state index contributed by atoms with van der Waals surface area (Å²) in [6.45, 7) is 4.04. The maximum Gasteiger partial charge on any atom is 0.337 e. The van der Waals surface area contributed by atoms with E-state index in [0.29, 0.717) is 29.2 Å². The van der Waals surface area contributed by atoms with Crippen LogP contribution in [0.15, 0.2) is 41.3 Å². The molecular weight excluding hydrogens is 370 g/mol. The van der Waals surface area contributed by atoms with Gasteiger partial charge in [0.2, 0.25) is 10.0 Å². The zero-order valence-electron chi connectivity index (χ0n) is 15.7. The minimum absolute atomic E-state index is 0.0314. The van der Waals surface area contributed by atoms with Crippen LogP contribution in [0.4, 0.5) is 0 Å². The molecule has 0 bridgehead atoms. The molecule has 0 radical (unpaired) electrons. The number of carbonyl (C=O) groups excluding carboxylic acids is 1. The monoisotopic (exact) mass is 393 g/mol. The van der Waals surface area contributed by atoms with E-state index in [0.717, 1.165) is 0 Å². The van der Waals surface area contributed by atoms with Crippen LogP contribution in [0, 0.1) is 6.92 Å². The van der Waals surface area contributed by atoms with E-state index < -0.39 is 16.0 Å². The van der Waals surface area contributed by atoms with Crippen LogP contribution in [0.3, 0.4) is 0 Å². The summed E-state index contributed by atoms with van der Waals surface area (Å²) in [5.74, 6) is 0.522. The summed E-state index contributed by atoms with van der Waals surface area (Å²) in [6, 6.07) is 9.60. The van der Waals surface area contributed by atoms with Crippen LogP contribution in [-0.4, -0.2) is 35.2 Å². The van der Waals surface area contributed by atoms with Crippen molar-refractivity contribution >= 4 is 16.0 Å². The lowest BCUT2D eigenvalue weighted by atomic mass is 10.1. The molecule has 7 nitrogen and oxygen atoms in total. The first-order valence-corrected chi connectivity index (χ1v) is 9.79. The molecule has 0 heterocycles. The lowest BCUT2D eigenvalue weighted by Gasteiger charge is -2.13. The van der Waals surface area contributed by atoms with E-state index in [-0.39, 0.29) is 17.0 Å². The van der Waals surface area contributed by atoms with Crippen molar-refractivity contribution in [3.05, 3.63) is 53.1 Å². The number of hydrogen-bond donors (Lipinski definition) is 1. The van der Waals surface area contributed by atoms with Gasteiger partial charge in [0, 0.05) is 6.54 Å². The fourth-order valence-electron chi connectivity index (χ4n) is 2.49. The van der Waals surface area contributed by atoms with Gasteiger partial charge in [-0.05, 0) is 49.2 Å². The first-order valence-electron chi connectivity index (χ1n) is 8.30. The summed E-state index contributed by atoms with van der Waals surface area (Å²) in [6.07, 6.45) is 0. The predicted molar refractivity (Wildman–Crippen MR) is 101 cm³/mol. The highest BCUT2D eigenvalue weighted by Gasteiger charge is 2.19. The van der Waals surface area contributed by atoms with Gasteiger partial charge in [0.25, 0.3) is 0 Å². The third-order valence-electron chi connectivity index (χ3n) is 3.89. The van der Waals surface area contributed by atoms with Crippen LogP contribution in [0.25, 0.3) is 0 Å². The number of aryl methyl sites for hydroxylation is 1. The Balaban J connectivity index is 2.25. The van der Waals surface area contributed by atoms with Crippen LogP contribution in [0.1, 0.15) is 28.4 Å². The number of carbonyl (C=O) groups is 1. The van der Waals surface area contributed by atoms with Gasteiger partial charge < -0.3 is 14.2 Å². The summed E-state index contributed by atoms with van der Waals surface area (Å²) in [4.78, 5) is 11.7. The Morgan fingerprint density at radius 1 is 1.07 bits per heavy atom. The molecule has 146 valence electrons. The van der Waals surface area contributed by atoms with E-state index in [9.17, 15) is 13.2 Å². The van der Waals surface area contributed by atoms with E-state index in [1.807, 2.05) is 6.92 Å². The molecular formula is C19H23NO6S. The van der Waals surface area contributed by atoms with Crippen molar-refractivity contribution in [2.75, 3.05) is 20.8 Å². The normalized spacial score (nSPS) is 11.1. The molecule has 0 aliphatic heterocycles. The first-order chi connectivity index (χ1) is 12.8. The van der Waals surface area contributed by atoms with Gasteiger partial charge in [-0.25, -0.2) is 17.9 Å². The van der Waals surface area contributed by atoms with Gasteiger partial charge in [-0.15, -0.1) is 0 Å². The smallest absolute Gasteiger partial charge is 0.337 e. The van der Waals surface area contributed by atoms with E-state index in [2.05, 4.69) is 9.46 Å². The van der Waals surface area contributed by atoms with Gasteiger partial charge in [-0.3, -0.25) is 0 Å². The second kappa shape index (κ2) is 8.88. The van der Waals surface area contributed by atoms with Gasteiger partial charge >= 0.3 is 5.97 Å². The van der Waals surface area contributed by atoms with E-state index in [1.54, 1.807) is 31.2 Å². The molecule has 0 fully saturated rings. The number of ether oxygens (including phenoxy) is 3. The molecule has 0 unspecified atom stereocenters. The zero-order valence-corrected chi connectivity index (χ0v) is 16.6. The van der Waals surface area contributed by atoms with Crippen molar-refractivity contribution in [3.63, 3.8) is 0 Å². The fourth-order valence-corrected chi connectivity index (χ4v) is 3.78. The first kappa shape index (κ1) is 20.7. The number of nitrogens with one attached hydrogen (secondary N) is 1. The molecule has 0 atom stereocenters. The molecule has 2 aromatic carbocycles. The molecule has 0 amide bonds. The number of rotatable bonds is 8. The Morgan fingerprint density at radius 2 is 1.81 bits per heavy atom. The Bertz CT molecular complexity index is 924. The number of benzene rings is 2. The molecule has 0 saturated carbocycles. The minimum Gasteiger partial charge on any atom is -0.493 e. The Hall–Kier alpha value is -2.58. The Labute approximate surface area is 159 Å². The van der Waals surface area contributed by atoms with E-state index in [1.165, 1.54) is 26.4 Å². The lowest BCUT2D eigenvalue weighted by molar-refractivity contribution is 0.0600. The van der Waals surface area contributed by atoms with Crippen molar-refractivity contribution in [1.29, 1.82) is 0 Å². The van der Waals surface area contributed by atoms with Crippen molar-refractivity contribution in [2.45, 2.75) is 25.3 Å². The van der Waals surface area contributed by atoms with E-state index >= 15 is 0 Å². The molecule has 0 aliphatic rings. The Morgan fingerprint density at radius 3 is 2.44 bits per heavy atom. The molecule has 8 heteroatoms. The molecule has 27 heavy (non-hydrogen) atoms. The van der Waals surface area contributed by atoms with Crippen molar-refractivity contribution in [1.82, 2.24) is 4.72 Å². The van der Waals surface area contributed by atoms with Gasteiger partial charge in [0.15, 0.2) is 11.5 Å². The molecule has 2 aromatic rings. The van der Waals surface area contributed by atoms with Crippen LogP contribution >= 0.6 is 0 Å². The highest BCUT2D eigenvalue weighted by molar-refractivity contribution is 7.89. The lowest BCUT2D eigenvalue weighted by Crippen LogP contribution is -2.24. The van der Waals surface area contributed by atoms with Gasteiger partial charge in [0.1, 0.15) is 0 Å². The molecule has 0 aliphatic carbocycles. The predicted octanol–water partition coefficient (Wildman–Crippen LogP) is 2.67. The zero-order chi connectivity index (χ0) is 20.0. The van der Waals surface area contributed by atoms with Crippen molar-refractivity contribution in [2.24, 2.45) is 0 Å². The largest absolute Gasteiger partial charge is 0.493 e.